The summed E-state index contributed by atoms with van der Waals surface area (Å²) >= 11 is 1.48. The van der Waals surface area contributed by atoms with Gasteiger partial charge in [0, 0.05) is 48.4 Å². The number of aryl methyl sites for hydroxylation is 1. The molecule has 174 valence electrons. The number of fused-ring (bicyclic) bond motifs is 1. The number of nitrogens with zero attached hydrogens (tertiary/aromatic N) is 3. The molecular weight excluding hydrogens is 456 g/mol. The van der Waals surface area contributed by atoms with Crippen LogP contribution in [0.2, 0.25) is 0 Å². The molecule has 0 bridgehead atoms. The summed E-state index contributed by atoms with van der Waals surface area (Å²) in [6.07, 6.45) is 0. The lowest BCUT2D eigenvalue weighted by Crippen LogP contribution is -2.49. The first-order valence-corrected chi connectivity index (χ1v) is 13.9. The van der Waals surface area contributed by atoms with Gasteiger partial charge in [0.1, 0.15) is 0 Å². The van der Waals surface area contributed by atoms with E-state index in [1.165, 1.54) is 28.6 Å². The van der Waals surface area contributed by atoms with Crippen LogP contribution in [0.1, 0.15) is 21.5 Å². The van der Waals surface area contributed by atoms with Crippen molar-refractivity contribution in [3.05, 3.63) is 59.2 Å². The molecule has 1 amide bonds. The summed E-state index contributed by atoms with van der Waals surface area (Å²) < 4.78 is 23.5. The number of carbonyl (C=O) groups is 1. The summed E-state index contributed by atoms with van der Waals surface area (Å²) in [6, 6.07) is 13.7. The highest BCUT2D eigenvalue weighted by Crippen LogP contribution is 2.34. The smallest absolute Gasteiger partial charge is 0.254 e. The largest absolute Gasteiger partial charge is 0.368 e. The van der Waals surface area contributed by atoms with E-state index < -0.39 is 9.84 Å². The SMILES string of the molecule is Cc1cccc(N2CCN(C(=O)c3cccc(NC4=N[C@H]5CS(=O)(=O)C[C@@H]5S4)c3)CC2)c1C. The van der Waals surface area contributed by atoms with Crippen LogP contribution < -0.4 is 10.2 Å². The molecule has 0 saturated carbocycles. The molecule has 0 aromatic heterocycles. The van der Waals surface area contributed by atoms with Crippen molar-refractivity contribution in [2.45, 2.75) is 25.1 Å². The molecule has 2 aromatic carbocycles. The molecule has 1 N–H and O–H groups in total. The molecule has 2 aromatic rings. The number of amides is 1. The normalized spacial score (nSPS) is 23.9. The zero-order valence-corrected chi connectivity index (χ0v) is 20.5. The van der Waals surface area contributed by atoms with Gasteiger partial charge in [-0.05, 0) is 49.2 Å². The maximum atomic E-state index is 13.2. The van der Waals surface area contributed by atoms with E-state index in [2.05, 4.69) is 47.3 Å². The number of hydrogen-bond acceptors (Lipinski definition) is 7. The van der Waals surface area contributed by atoms with Crippen LogP contribution in [-0.2, 0) is 9.84 Å². The fourth-order valence-electron chi connectivity index (χ4n) is 4.68. The van der Waals surface area contributed by atoms with E-state index in [9.17, 15) is 13.2 Å². The monoisotopic (exact) mass is 484 g/mol. The minimum Gasteiger partial charge on any atom is -0.368 e. The third kappa shape index (κ3) is 4.61. The molecule has 33 heavy (non-hydrogen) atoms. The first-order valence-electron chi connectivity index (χ1n) is 11.2. The summed E-state index contributed by atoms with van der Waals surface area (Å²) in [4.78, 5) is 22.0. The molecule has 2 fully saturated rings. The maximum absolute atomic E-state index is 13.2. The zero-order valence-electron chi connectivity index (χ0n) is 18.8. The lowest BCUT2D eigenvalue weighted by atomic mass is 10.1. The summed E-state index contributed by atoms with van der Waals surface area (Å²) in [5.74, 6) is 0.342. The van der Waals surface area contributed by atoms with Crippen molar-refractivity contribution in [2.75, 3.05) is 47.9 Å². The van der Waals surface area contributed by atoms with Crippen molar-refractivity contribution in [2.24, 2.45) is 4.99 Å². The molecule has 0 radical (unpaired) electrons. The fraction of sp³-hybridized carbons (Fsp3) is 0.417. The minimum absolute atomic E-state index is 0.00403. The quantitative estimate of drug-likeness (QED) is 0.722. The highest BCUT2D eigenvalue weighted by molar-refractivity contribution is 8.15. The number of amidine groups is 1. The molecule has 0 aliphatic carbocycles. The number of benzene rings is 2. The second-order valence-electron chi connectivity index (χ2n) is 8.94. The van der Waals surface area contributed by atoms with Gasteiger partial charge in [-0.3, -0.25) is 9.79 Å². The lowest BCUT2D eigenvalue weighted by Gasteiger charge is -2.37. The van der Waals surface area contributed by atoms with Gasteiger partial charge in [0.15, 0.2) is 15.0 Å². The first kappa shape index (κ1) is 22.3. The van der Waals surface area contributed by atoms with Crippen molar-refractivity contribution in [3.8, 4) is 0 Å². The molecule has 2 saturated heterocycles. The summed E-state index contributed by atoms with van der Waals surface area (Å²) in [7, 11) is -2.97. The van der Waals surface area contributed by atoms with Crippen molar-refractivity contribution in [3.63, 3.8) is 0 Å². The predicted octanol–water partition coefficient (Wildman–Crippen LogP) is 2.95. The number of hydrogen-bond donors (Lipinski definition) is 1. The summed E-state index contributed by atoms with van der Waals surface area (Å²) in [5.41, 5.74) is 5.27. The molecule has 0 spiro atoms. The molecule has 7 nitrogen and oxygen atoms in total. The Kier molecular flexibility index (Phi) is 5.86. The molecule has 3 heterocycles. The Morgan fingerprint density at radius 3 is 2.58 bits per heavy atom. The standard InChI is InChI=1S/C24H28N4O3S2/c1-16-5-3-8-21(17(16)2)27-9-11-28(12-10-27)23(29)18-6-4-7-19(13-18)25-24-26-20-14-33(30,31)15-22(20)32-24/h3-8,13,20,22H,9-12,14-15H2,1-2H3,(H,25,26)/t20-,22-/m0/s1. The second-order valence-corrected chi connectivity index (χ2v) is 12.3. The van der Waals surface area contributed by atoms with Gasteiger partial charge in [-0.1, -0.05) is 30.0 Å². The predicted molar refractivity (Wildman–Crippen MR) is 135 cm³/mol. The Labute approximate surface area is 199 Å². The third-order valence-electron chi connectivity index (χ3n) is 6.66. The van der Waals surface area contributed by atoms with Crippen LogP contribution in [0.15, 0.2) is 47.5 Å². The number of carbonyl (C=O) groups excluding carboxylic acids is 1. The molecule has 5 rings (SSSR count). The van der Waals surface area contributed by atoms with Crippen LogP contribution in [0, 0.1) is 13.8 Å². The molecule has 0 unspecified atom stereocenters. The molecule has 3 aliphatic rings. The third-order valence-corrected chi connectivity index (χ3v) is 9.80. The van der Waals surface area contributed by atoms with E-state index in [0.717, 1.165) is 23.9 Å². The summed E-state index contributed by atoms with van der Waals surface area (Å²) in [5, 5.41) is 4.00. The summed E-state index contributed by atoms with van der Waals surface area (Å²) in [6.45, 7) is 7.28. The van der Waals surface area contributed by atoms with Gasteiger partial charge < -0.3 is 15.1 Å². The average molecular weight is 485 g/mol. The van der Waals surface area contributed by atoms with Gasteiger partial charge in [0.25, 0.3) is 5.91 Å². The Morgan fingerprint density at radius 2 is 1.82 bits per heavy atom. The second kappa shape index (κ2) is 8.68. The minimum atomic E-state index is -2.97. The number of sulfone groups is 1. The van der Waals surface area contributed by atoms with Gasteiger partial charge in [-0.15, -0.1) is 0 Å². The van der Waals surface area contributed by atoms with Crippen LogP contribution in [-0.4, -0.2) is 73.4 Å². The van der Waals surface area contributed by atoms with Gasteiger partial charge in [-0.2, -0.15) is 0 Å². The van der Waals surface area contributed by atoms with Gasteiger partial charge in [-0.25, -0.2) is 8.42 Å². The highest BCUT2D eigenvalue weighted by Gasteiger charge is 2.42. The highest BCUT2D eigenvalue weighted by atomic mass is 32.2. The number of anilines is 2. The topological polar surface area (TPSA) is 82.1 Å². The van der Waals surface area contributed by atoms with Crippen molar-refractivity contribution < 1.29 is 13.2 Å². The van der Waals surface area contributed by atoms with E-state index in [1.54, 1.807) is 0 Å². The van der Waals surface area contributed by atoms with Crippen LogP contribution in [0.25, 0.3) is 0 Å². The first-order chi connectivity index (χ1) is 15.8. The van der Waals surface area contributed by atoms with Crippen LogP contribution in [0.4, 0.5) is 11.4 Å². The van der Waals surface area contributed by atoms with Gasteiger partial charge in [0.05, 0.1) is 17.5 Å². The van der Waals surface area contributed by atoms with Crippen LogP contribution >= 0.6 is 11.8 Å². The van der Waals surface area contributed by atoms with E-state index in [4.69, 9.17) is 0 Å². The zero-order chi connectivity index (χ0) is 23.2. The Balaban J connectivity index is 1.22. The van der Waals surface area contributed by atoms with Crippen molar-refractivity contribution in [1.29, 1.82) is 0 Å². The van der Waals surface area contributed by atoms with Crippen molar-refractivity contribution in [1.82, 2.24) is 4.90 Å². The molecular formula is C24H28N4O3S2. The molecule has 3 aliphatic heterocycles. The number of nitrogens with one attached hydrogen (secondary N) is 1. The number of rotatable bonds is 3. The lowest BCUT2D eigenvalue weighted by molar-refractivity contribution is 0.0747. The van der Waals surface area contributed by atoms with E-state index in [0.29, 0.717) is 18.7 Å². The van der Waals surface area contributed by atoms with Crippen LogP contribution in [0.3, 0.4) is 0 Å². The molecule has 9 heteroatoms. The Bertz CT molecular complexity index is 1220. The van der Waals surface area contributed by atoms with E-state index in [-0.39, 0.29) is 28.7 Å². The fourth-order valence-corrected chi connectivity index (χ4v) is 8.36. The number of piperazine rings is 1. The molecule has 2 atom stereocenters. The van der Waals surface area contributed by atoms with E-state index >= 15 is 0 Å². The number of thioether (sulfide) groups is 1. The van der Waals surface area contributed by atoms with Gasteiger partial charge in [0.2, 0.25) is 0 Å². The van der Waals surface area contributed by atoms with E-state index in [1.807, 2.05) is 29.2 Å². The Hall–Kier alpha value is -2.52. The maximum Gasteiger partial charge on any atom is 0.254 e. The Morgan fingerprint density at radius 1 is 1.06 bits per heavy atom. The number of aliphatic imine (C=N–C) groups is 1. The van der Waals surface area contributed by atoms with Crippen LogP contribution in [0.5, 0.6) is 0 Å². The van der Waals surface area contributed by atoms with Crippen molar-refractivity contribution >= 4 is 44.0 Å². The average Bonchev–Trinajstić information content (AvgIpc) is 3.28. The van der Waals surface area contributed by atoms with Gasteiger partial charge >= 0.3 is 0 Å².